The van der Waals surface area contributed by atoms with Crippen molar-refractivity contribution in [2.45, 2.75) is 19.1 Å². The van der Waals surface area contributed by atoms with Crippen molar-refractivity contribution in [2.24, 2.45) is 5.73 Å². The van der Waals surface area contributed by atoms with Gasteiger partial charge in [0.2, 0.25) is 0 Å². The molecular weight excluding hydrogens is 233 g/mol. The van der Waals surface area contributed by atoms with Crippen molar-refractivity contribution in [3.05, 3.63) is 23.0 Å². The molecule has 1 aromatic heterocycles. The fourth-order valence-electron chi connectivity index (χ4n) is 1.30. The first-order chi connectivity index (χ1) is 7.29. The predicted octanol–water partition coefficient (Wildman–Crippen LogP) is 2.08. The highest BCUT2D eigenvalue weighted by Gasteiger charge is 2.39. The topological polar surface area (TPSA) is 64.9 Å². The van der Waals surface area contributed by atoms with E-state index in [1.165, 1.54) is 0 Å². The van der Waals surface area contributed by atoms with Crippen LogP contribution in [-0.2, 0) is 12.7 Å². The van der Waals surface area contributed by atoms with Crippen LogP contribution in [0, 0.1) is 0 Å². The van der Waals surface area contributed by atoms with E-state index in [0.717, 1.165) is 0 Å². The van der Waals surface area contributed by atoms with E-state index in [2.05, 4.69) is 4.98 Å². The minimum Gasteiger partial charge on any atom is -0.397 e. The third kappa shape index (κ3) is 2.21. The molecule has 0 unspecified atom stereocenters. The summed E-state index contributed by atoms with van der Waals surface area (Å²) in [6.45, 7) is -0.511. The number of anilines is 1. The maximum atomic E-state index is 12.5. The quantitative estimate of drug-likeness (QED) is 0.779. The maximum absolute atomic E-state index is 12.5. The molecule has 1 heterocycles. The Kier molecular flexibility index (Phi) is 3.32. The van der Waals surface area contributed by atoms with Gasteiger partial charge in [0.1, 0.15) is 0 Å². The van der Waals surface area contributed by atoms with Crippen LogP contribution in [0.3, 0.4) is 0 Å². The van der Waals surface area contributed by atoms with Gasteiger partial charge in [-0.2, -0.15) is 13.2 Å². The van der Waals surface area contributed by atoms with Gasteiger partial charge in [0, 0.05) is 6.54 Å². The van der Waals surface area contributed by atoms with E-state index in [0.29, 0.717) is 6.20 Å². The number of nitrogens with two attached hydrogens (primary N) is 2. The molecule has 0 aliphatic carbocycles. The molecule has 0 bridgehead atoms. The van der Waals surface area contributed by atoms with Crippen molar-refractivity contribution < 1.29 is 22.0 Å². The van der Waals surface area contributed by atoms with E-state index in [-0.39, 0.29) is 0 Å². The van der Waals surface area contributed by atoms with Crippen molar-refractivity contribution in [2.75, 3.05) is 5.73 Å². The predicted molar refractivity (Wildman–Crippen MR) is 46.5 cm³/mol. The summed E-state index contributed by atoms with van der Waals surface area (Å²) in [5.74, 6) is 0. The lowest BCUT2D eigenvalue weighted by molar-refractivity contribution is -0.139. The Labute approximate surface area is 87.3 Å². The molecule has 0 aliphatic heterocycles. The molecule has 1 rings (SSSR count). The summed E-state index contributed by atoms with van der Waals surface area (Å²) in [5, 5.41) is 0. The van der Waals surface area contributed by atoms with Crippen molar-refractivity contribution >= 4 is 5.69 Å². The Morgan fingerprint density at radius 2 is 1.88 bits per heavy atom. The van der Waals surface area contributed by atoms with Gasteiger partial charge in [-0.05, 0) is 0 Å². The lowest BCUT2D eigenvalue weighted by Crippen LogP contribution is -2.17. The fraction of sp³-hybridized carbons (Fsp3) is 0.375. The fourth-order valence-corrected chi connectivity index (χ4v) is 1.30. The summed E-state index contributed by atoms with van der Waals surface area (Å²) in [4.78, 5) is 3.36. The zero-order chi connectivity index (χ0) is 12.5. The second kappa shape index (κ2) is 4.20. The number of rotatable bonds is 2. The maximum Gasteiger partial charge on any atom is 0.418 e. The number of nitrogens with zero attached hydrogens (tertiary/aromatic N) is 1. The van der Waals surface area contributed by atoms with E-state index in [9.17, 15) is 22.0 Å². The van der Waals surface area contributed by atoms with Crippen LogP contribution in [0.1, 0.15) is 23.2 Å². The number of nitrogen functional groups attached to an aromatic ring is 1. The van der Waals surface area contributed by atoms with Crippen molar-refractivity contribution in [3.63, 3.8) is 0 Å². The highest BCUT2D eigenvalue weighted by Crippen LogP contribution is 2.40. The number of hydrogen-bond acceptors (Lipinski definition) is 3. The second-order valence-corrected chi connectivity index (χ2v) is 2.95. The van der Waals surface area contributed by atoms with E-state index in [1.807, 2.05) is 0 Å². The minimum absolute atomic E-state index is 0.503. The molecule has 0 radical (unpaired) electrons. The Hall–Kier alpha value is -1.44. The molecule has 90 valence electrons. The van der Waals surface area contributed by atoms with Crippen LogP contribution in [0.15, 0.2) is 6.20 Å². The SMILES string of the molecule is NCc1ncc(N)c(C(F)(F)F)c1C(F)F. The largest absolute Gasteiger partial charge is 0.418 e. The second-order valence-electron chi connectivity index (χ2n) is 2.95. The Morgan fingerprint density at radius 1 is 1.31 bits per heavy atom. The number of halogens is 5. The van der Waals surface area contributed by atoms with E-state index in [4.69, 9.17) is 11.5 Å². The van der Waals surface area contributed by atoms with Crippen molar-refractivity contribution in [1.29, 1.82) is 0 Å². The Bertz CT molecular complexity index is 388. The van der Waals surface area contributed by atoms with Crippen LogP contribution in [0.2, 0.25) is 0 Å². The van der Waals surface area contributed by atoms with Crippen LogP contribution in [0.5, 0.6) is 0 Å². The van der Waals surface area contributed by atoms with Gasteiger partial charge in [-0.3, -0.25) is 4.98 Å². The standard InChI is InChI=1S/C8H8F5N3/c9-7(10)5-4(1-14)16-2-3(15)6(5)8(11,12)13/h2,7H,1,14-15H2. The van der Waals surface area contributed by atoms with Gasteiger partial charge in [-0.25, -0.2) is 8.78 Å². The van der Waals surface area contributed by atoms with Gasteiger partial charge in [0.05, 0.1) is 28.7 Å². The lowest BCUT2D eigenvalue weighted by atomic mass is 10.0. The van der Waals surface area contributed by atoms with Crippen molar-refractivity contribution in [1.82, 2.24) is 4.98 Å². The zero-order valence-corrected chi connectivity index (χ0v) is 7.85. The molecule has 3 nitrogen and oxygen atoms in total. The van der Waals surface area contributed by atoms with Crippen molar-refractivity contribution in [3.8, 4) is 0 Å². The van der Waals surface area contributed by atoms with Gasteiger partial charge in [-0.15, -0.1) is 0 Å². The van der Waals surface area contributed by atoms with Crippen LogP contribution >= 0.6 is 0 Å². The molecule has 0 saturated heterocycles. The number of pyridine rings is 1. The summed E-state index contributed by atoms with van der Waals surface area (Å²) in [7, 11) is 0. The average molecular weight is 241 g/mol. The number of aromatic nitrogens is 1. The third-order valence-electron chi connectivity index (χ3n) is 1.92. The van der Waals surface area contributed by atoms with E-state index in [1.54, 1.807) is 0 Å². The molecule has 8 heteroatoms. The molecule has 0 amide bonds. The summed E-state index contributed by atoms with van der Waals surface area (Å²) in [6.07, 6.45) is -7.61. The highest BCUT2D eigenvalue weighted by atomic mass is 19.4. The molecular formula is C8H8F5N3. The minimum atomic E-state index is -4.96. The zero-order valence-electron chi connectivity index (χ0n) is 7.85. The van der Waals surface area contributed by atoms with E-state index < -0.39 is 41.7 Å². The molecule has 0 aromatic carbocycles. The van der Waals surface area contributed by atoms with Crippen LogP contribution in [-0.4, -0.2) is 4.98 Å². The number of alkyl halides is 5. The first-order valence-corrected chi connectivity index (χ1v) is 4.11. The third-order valence-corrected chi connectivity index (χ3v) is 1.92. The summed E-state index contributed by atoms with van der Waals surface area (Å²) >= 11 is 0. The normalized spacial score (nSPS) is 12.2. The summed E-state index contributed by atoms with van der Waals surface area (Å²) in [5.41, 5.74) is 5.92. The van der Waals surface area contributed by atoms with Gasteiger partial charge in [0.25, 0.3) is 6.43 Å². The molecule has 0 aliphatic rings. The number of hydrogen-bond donors (Lipinski definition) is 2. The lowest BCUT2D eigenvalue weighted by Gasteiger charge is -2.16. The molecule has 0 spiro atoms. The Balaban J connectivity index is 3.55. The van der Waals surface area contributed by atoms with Gasteiger partial charge >= 0.3 is 6.18 Å². The molecule has 16 heavy (non-hydrogen) atoms. The summed E-state index contributed by atoms with van der Waals surface area (Å²) in [6, 6.07) is 0. The van der Waals surface area contributed by atoms with Gasteiger partial charge in [0.15, 0.2) is 0 Å². The summed E-state index contributed by atoms with van der Waals surface area (Å²) < 4.78 is 62.6. The monoisotopic (exact) mass is 241 g/mol. The van der Waals surface area contributed by atoms with Gasteiger partial charge < -0.3 is 11.5 Å². The average Bonchev–Trinajstić information content (AvgIpc) is 2.15. The van der Waals surface area contributed by atoms with Crippen LogP contribution in [0.25, 0.3) is 0 Å². The van der Waals surface area contributed by atoms with Crippen LogP contribution < -0.4 is 11.5 Å². The molecule has 0 atom stereocenters. The molecule has 0 saturated carbocycles. The molecule has 1 aromatic rings. The first-order valence-electron chi connectivity index (χ1n) is 4.11. The van der Waals surface area contributed by atoms with E-state index >= 15 is 0 Å². The Morgan fingerprint density at radius 3 is 2.25 bits per heavy atom. The smallest absolute Gasteiger partial charge is 0.397 e. The van der Waals surface area contributed by atoms with Gasteiger partial charge in [-0.1, -0.05) is 0 Å². The molecule has 0 fully saturated rings. The highest BCUT2D eigenvalue weighted by molar-refractivity contribution is 5.53. The van der Waals surface area contributed by atoms with Crippen LogP contribution in [0.4, 0.5) is 27.6 Å². The molecule has 4 N–H and O–H groups in total. The first kappa shape index (κ1) is 12.6.